The number of aliphatic hydroxyl groups is 1. The Labute approximate surface area is 146 Å². The number of rotatable bonds is 7. The predicted molar refractivity (Wildman–Crippen MR) is 92.8 cm³/mol. The zero-order valence-corrected chi connectivity index (χ0v) is 14.1. The molecular weight excluding hydrogens is 318 g/mol. The molecule has 6 nitrogen and oxygen atoms in total. The summed E-state index contributed by atoms with van der Waals surface area (Å²) in [5, 5.41) is 10.4. The minimum atomic E-state index is -0.892. The smallest absolute Gasteiger partial charge is 0.272 e. The first kappa shape index (κ1) is 17.0. The molecule has 0 spiro atoms. The van der Waals surface area contributed by atoms with Crippen molar-refractivity contribution in [2.45, 2.75) is 26.0 Å². The van der Waals surface area contributed by atoms with Gasteiger partial charge in [0, 0.05) is 13.0 Å². The second kappa shape index (κ2) is 7.81. The highest BCUT2D eigenvalue weighted by Crippen LogP contribution is 2.18. The summed E-state index contributed by atoms with van der Waals surface area (Å²) >= 11 is 0. The van der Waals surface area contributed by atoms with Crippen LogP contribution in [0, 0.1) is 0 Å². The number of carbonyl (C=O) groups excluding carboxylic acids is 1. The van der Waals surface area contributed by atoms with Crippen molar-refractivity contribution in [3.05, 3.63) is 77.8 Å². The largest absolute Gasteiger partial charge is 0.467 e. The molecule has 0 fully saturated rings. The molecule has 0 aliphatic carbocycles. The number of aliphatic hydroxyl groups excluding tert-OH is 1. The summed E-state index contributed by atoms with van der Waals surface area (Å²) in [4.78, 5) is 21.7. The lowest BCUT2D eigenvalue weighted by atomic mass is 10.2. The van der Waals surface area contributed by atoms with Gasteiger partial charge >= 0.3 is 0 Å². The van der Waals surface area contributed by atoms with E-state index in [9.17, 15) is 9.90 Å². The SMILES string of the molecule is CCc1ncc(C(=O)N(Cc2ccccc2)CC(O)c2ccco2)[nH]1. The molecule has 0 saturated heterocycles. The van der Waals surface area contributed by atoms with Crippen LogP contribution in [-0.4, -0.2) is 32.4 Å². The molecule has 0 saturated carbocycles. The fraction of sp³-hybridized carbons (Fsp3) is 0.263. The average molecular weight is 339 g/mol. The molecule has 6 heteroatoms. The fourth-order valence-corrected chi connectivity index (χ4v) is 2.62. The Morgan fingerprint density at radius 2 is 2.08 bits per heavy atom. The number of aromatic amines is 1. The van der Waals surface area contributed by atoms with Gasteiger partial charge in [0.25, 0.3) is 5.91 Å². The Kier molecular flexibility index (Phi) is 5.30. The molecule has 2 aromatic heterocycles. The second-order valence-corrected chi connectivity index (χ2v) is 5.80. The van der Waals surface area contributed by atoms with Crippen LogP contribution in [-0.2, 0) is 13.0 Å². The van der Waals surface area contributed by atoms with Crippen LogP contribution < -0.4 is 0 Å². The molecule has 3 aromatic rings. The van der Waals surface area contributed by atoms with Gasteiger partial charge in [-0.25, -0.2) is 4.98 Å². The van der Waals surface area contributed by atoms with Crippen molar-refractivity contribution >= 4 is 5.91 Å². The number of aromatic nitrogens is 2. The average Bonchev–Trinajstić information content (AvgIpc) is 3.33. The zero-order valence-electron chi connectivity index (χ0n) is 14.1. The number of nitrogens with one attached hydrogen (secondary N) is 1. The van der Waals surface area contributed by atoms with Gasteiger partial charge < -0.3 is 19.4 Å². The van der Waals surface area contributed by atoms with Crippen molar-refractivity contribution in [2.75, 3.05) is 6.54 Å². The summed E-state index contributed by atoms with van der Waals surface area (Å²) in [7, 11) is 0. The van der Waals surface area contributed by atoms with Crippen molar-refractivity contribution in [1.82, 2.24) is 14.9 Å². The quantitative estimate of drug-likeness (QED) is 0.693. The number of furan rings is 1. The Bertz CT molecular complexity index is 796. The Morgan fingerprint density at radius 1 is 1.28 bits per heavy atom. The molecule has 130 valence electrons. The molecule has 0 aliphatic rings. The first-order valence-corrected chi connectivity index (χ1v) is 8.26. The summed E-state index contributed by atoms with van der Waals surface area (Å²) in [5.41, 5.74) is 1.40. The maximum Gasteiger partial charge on any atom is 0.272 e. The lowest BCUT2D eigenvalue weighted by Gasteiger charge is -2.24. The van der Waals surface area contributed by atoms with E-state index in [0.717, 1.165) is 17.8 Å². The van der Waals surface area contributed by atoms with Gasteiger partial charge in [0.15, 0.2) is 0 Å². The van der Waals surface area contributed by atoms with E-state index in [-0.39, 0.29) is 12.5 Å². The van der Waals surface area contributed by atoms with Crippen LogP contribution in [0.2, 0.25) is 0 Å². The molecule has 0 radical (unpaired) electrons. The first-order valence-electron chi connectivity index (χ1n) is 8.26. The molecule has 1 atom stereocenters. The molecule has 25 heavy (non-hydrogen) atoms. The topological polar surface area (TPSA) is 82.4 Å². The fourth-order valence-electron chi connectivity index (χ4n) is 2.62. The van der Waals surface area contributed by atoms with Crippen LogP contribution in [0.3, 0.4) is 0 Å². The van der Waals surface area contributed by atoms with Gasteiger partial charge in [0.05, 0.1) is 19.0 Å². The number of H-pyrrole nitrogens is 1. The molecule has 2 heterocycles. The Morgan fingerprint density at radius 3 is 2.72 bits per heavy atom. The van der Waals surface area contributed by atoms with E-state index in [2.05, 4.69) is 9.97 Å². The maximum atomic E-state index is 12.9. The van der Waals surface area contributed by atoms with Gasteiger partial charge in [-0.15, -0.1) is 0 Å². The van der Waals surface area contributed by atoms with Crippen LogP contribution in [0.4, 0.5) is 0 Å². The standard InChI is InChI=1S/C19H21N3O3/c1-2-18-20-11-15(21-18)19(24)22(12-14-7-4-3-5-8-14)13-16(23)17-9-6-10-25-17/h3-11,16,23H,2,12-13H2,1H3,(H,20,21). The van der Waals surface area contributed by atoms with E-state index in [0.29, 0.717) is 18.0 Å². The lowest BCUT2D eigenvalue weighted by molar-refractivity contribution is 0.0558. The maximum absolute atomic E-state index is 12.9. The number of aryl methyl sites for hydroxylation is 1. The summed E-state index contributed by atoms with van der Waals surface area (Å²) in [6.45, 7) is 2.48. The number of nitrogens with zero attached hydrogens (tertiary/aromatic N) is 2. The van der Waals surface area contributed by atoms with Gasteiger partial charge in [-0.3, -0.25) is 4.79 Å². The van der Waals surface area contributed by atoms with E-state index in [1.165, 1.54) is 6.26 Å². The summed E-state index contributed by atoms with van der Waals surface area (Å²) in [6.07, 6.45) is 2.88. The third kappa shape index (κ3) is 4.16. The third-order valence-corrected chi connectivity index (χ3v) is 3.96. The van der Waals surface area contributed by atoms with Gasteiger partial charge in [0.2, 0.25) is 0 Å². The number of carbonyl (C=O) groups is 1. The van der Waals surface area contributed by atoms with Crippen LogP contribution in [0.25, 0.3) is 0 Å². The van der Waals surface area contributed by atoms with E-state index in [1.807, 2.05) is 37.3 Å². The number of benzene rings is 1. The van der Waals surface area contributed by atoms with E-state index in [4.69, 9.17) is 4.42 Å². The molecule has 3 rings (SSSR count). The molecular formula is C19H21N3O3. The minimum Gasteiger partial charge on any atom is -0.467 e. The third-order valence-electron chi connectivity index (χ3n) is 3.96. The Hall–Kier alpha value is -2.86. The van der Waals surface area contributed by atoms with Crippen molar-refractivity contribution in [3.63, 3.8) is 0 Å². The van der Waals surface area contributed by atoms with Crippen molar-refractivity contribution < 1.29 is 14.3 Å². The van der Waals surface area contributed by atoms with Crippen LogP contribution in [0.15, 0.2) is 59.3 Å². The zero-order chi connectivity index (χ0) is 17.6. The highest BCUT2D eigenvalue weighted by molar-refractivity contribution is 5.92. The van der Waals surface area contributed by atoms with Crippen molar-refractivity contribution in [1.29, 1.82) is 0 Å². The predicted octanol–water partition coefficient (Wildman–Crippen LogP) is 2.94. The van der Waals surface area contributed by atoms with E-state index in [1.54, 1.807) is 23.2 Å². The van der Waals surface area contributed by atoms with Gasteiger partial charge in [-0.1, -0.05) is 37.3 Å². The van der Waals surface area contributed by atoms with E-state index < -0.39 is 6.10 Å². The number of imidazole rings is 1. The number of amides is 1. The first-order chi connectivity index (χ1) is 12.2. The van der Waals surface area contributed by atoms with Crippen molar-refractivity contribution in [2.24, 2.45) is 0 Å². The van der Waals surface area contributed by atoms with Gasteiger partial charge in [-0.05, 0) is 17.7 Å². The summed E-state index contributed by atoms with van der Waals surface area (Å²) < 4.78 is 5.25. The lowest BCUT2D eigenvalue weighted by Crippen LogP contribution is -2.34. The highest BCUT2D eigenvalue weighted by atomic mass is 16.4. The van der Waals surface area contributed by atoms with Gasteiger partial charge in [0.1, 0.15) is 23.4 Å². The van der Waals surface area contributed by atoms with Gasteiger partial charge in [-0.2, -0.15) is 0 Å². The summed E-state index contributed by atoms with van der Waals surface area (Å²) in [6, 6.07) is 13.1. The molecule has 0 aliphatic heterocycles. The van der Waals surface area contributed by atoms with E-state index >= 15 is 0 Å². The van der Waals surface area contributed by atoms with Crippen molar-refractivity contribution in [3.8, 4) is 0 Å². The monoisotopic (exact) mass is 339 g/mol. The molecule has 0 bridgehead atoms. The van der Waals surface area contributed by atoms with Crippen LogP contribution in [0.5, 0.6) is 0 Å². The van der Waals surface area contributed by atoms with Crippen LogP contribution >= 0.6 is 0 Å². The highest BCUT2D eigenvalue weighted by Gasteiger charge is 2.23. The number of hydrogen-bond acceptors (Lipinski definition) is 4. The molecule has 2 N–H and O–H groups in total. The normalized spacial score (nSPS) is 12.1. The molecule has 1 unspecified atom stereocenters. The number of hydrogen-bond donors (Lipinski definition) is 2. The van der Waals surface area contributed by atoms with Crippen LogP contribution in [0.1, 0.15) is 40.7 Å². The Balaban J connectivity index is 1.81. The second-order valence-electron chi connectivity index (χ2n) is 5.80. The molecule has 1 aromatic carbocycles. The molecule has 1 amide bonds. The minimum absolute atomic E-state index is 0.127. The summed E-state index contributed by atoms with van der Waals surface area (Å²) in [5.74, 6) is 0.987.